The van der Waals surface area contributed by atoms with Crippen molar-refractivity contribution >= 4 is 22.4 Å². The Labute approximate surface area is 158 Å². The van der Waals surface area contributed by atoms with Crippen LogP contribution in [0, 0.1) is 0 Å². The van der Waals surface area contributed by atoms with Crippen LogP contribution in [0.1, 0.15) is 24.0 Å². The molecule has 1 fully saturated rings. The molecule has 1 saturated heterocycles. The van der Waals surface area contributed by atoms with Crippen LogP contribution in [0.2, 0.25) is 0 Å². The van der Waals surface area contributed by atoms with E-state index in [0.29, 0.717) is 10.8 Å². The molecular weight excluding hydrogens is 366 g/mol. The number of amides is 1. The van der Waals surface area contributed by atoms with Crippen molar-refractivity contribution in [2.75, 3.05) is 11.9 Å². The standard InChI is InChI=1S/C18H17N5O3S/c24-15(19-18-21-20-17(27-18)14-7-4-10-26-14)11-23-16(25)9-8-13(22-23)12-5-2-1-3-6-12/h1-3,5-6,8-9,14H,4,7,10-11H2,(H,19,21,24)/t14-/m1/s1. The van der Waals surface area contributed by atoms with E-state index in [4.69, 9.17) is 4.74 Å². The van der Waals surface area contributed by atoms with E-state index in [1.807, 2.05) is 30.3 Å². The molecular formula is C18H17N5O3S. The van der Waals surface area contributed by atoms with Crippen LogP contribution in [0.15, 0.2) is 47.3 Å². The number of hydrogen-bond donors (Lipinski definition) is 1. The first kappa shape index (κ1) is 17.5. The van der Waals surface area contributed by atoms with Gasteiger partial charge in [-0.05, 0) is 18.9 Å². The molecule has 9 heteroatoms. The van der Waals surface area contributed by atoms with Gasteiger partial charge in [0.15, 0.2) is 0 Å². The van der Waals surface area contributed by atoms with Gasteiger partial charge in [-0.25, -0.2) is 4.68 Å². The molecule has 4 rings (SSSR count). The van der Waals surface area contributed by atoms with Crippen molar-refractivity contribution in [3.05, 3.63) is 57.8 Å². The molecule has 3 aromatic rings. The van der Waals surface area contributed by atoms with Crippen molar-refractivity contribution in [2.45, 2.75) is 25.5 Å². The minimum absolute atomic E-state index is 0.0417. The van der Waals surface area contributed by atoms with E-state index >= 15 is 0 Å². The van der Waals surface area contributed by atoms with Crippen LogP contribution in [0.25, 0.3) is 11.3 Å². The molecule has 1 aliphatic heterocycles. The topological polar surface area (TPSA) is 99.0 Å². The number of aromatic nitrogens is 4. The van der Waals surface area contributed by atoms with Gasteiger partial charge in [0.25, 0.3) is 5.56 Å². The third-order valence-corrected chi connectivity index (χ3v) is 5.05. The summed E-state index contributed by atoms with van der Waals surface area (Å²) >= 11 is 1.29. The van der Waals surface area contributed by atoms with E-state index in [-0.39, 0.29) is 24.1 Å². The van der Waals surface area contributed by atoms with Gasteiger partial charge < -0.3 is 4.74 Å². The highest BCUT2D eigenvalue weighted by Gasteiger charge is 2.22. The Morgan fingerprint density at radius 3 is 2.85 bits per heavy atom. The first-order chi connectivity index (χ1) is 13.2. The van der Waals surface area contributed by atoms with E-state index in [0.717, 1.165) is 34.7 Å². The third-order valence-electron chi connectivity index (χ3n) is 4.12. The SMILES string of the molecule is O=C(Cn1nc(-c2ccccc2)ccc1=O)Nc1nnc([C@H]2CCCO2)s1. The maximum atomic E-state index is 12.3. The van der Waals surface area contributed by atoms with Gasteiger partial charge in [-0.2, -0.15) is 5.10 Å². The van der Waals surface area contributed by atoms with Crippen molar-refractivity contribution in [3.8, 4) is 11.3 Å². The molecule has 0 bridgehead atoms. The zero-order valence-corrected chi connectivity index (χ0v) is 15.2. The first-order valence-corrected chi connectivity index (χ1v) is 9.39. The van der Waals surface area contributed by atoms with Crippen LogP contribution in [-0.2, 0) is 16.1 Å². The highest BCUT2D eigenvalue weighted by atomic mass is 32.1. The number of hydrogen-bond acceptors (Lipinski definition) is 7. The third kappa shape index (κ3) is 4.09. The second-order valence-electron chi connectivity index (χ2n) is 6.08. The lowest BCUT2D eigenvalue weighted by Crippen LogP contribution is -2.29. The summed E-state index contributed by atoms with van der Waals surface area (Å²) in [7, 11) is 0. The van der Waals surface area contributed by atoms with Gasteiger partial charge in [-0.3, -0.25) is 14.9 Å². The summed E-state index contributed by atoms with van der Waals surface area (Å²) in [6.45, 7) is 0.520. The molecule has 0 spiro atoms. The predicted molar refractivity (Wildman–Crippen MR) is 100 cm³/mol. The normalized spacial score (nSPS) is 16.4. The molecule has 0 unspecified atom stereocenters. The Morgan fingerprint density at radius 2 is 2.07 bits per heavy atom. The van der Waals surface area contributed by atoms with Gasteiger partial charge in [0.1, 0.15) is 17.7 Å². The fraction of sp³-hybridized carbons (Fsp3) is 0.278. The van der Waals surface area contributed by atoms with Crippen LogP contribution in [0.4, 0.5) is 5.13 Å². The molecule has 0 saturated carbocycles. The number of benzene rings is 1. The highest BCUT2D eigenvalue weighted by molar-refractivity contribution is 7.15. The van der Waals surface area contributed by atoms with Crippen LogP contribution >= 0.6 is 11.3 Å². The Hall–Kier alpha value is -2.91. The molecule has 1 aliphatic rings. The van der Waals surface area contributed by atoms with E-state index in [1.165, 1.54) is 17.4 Å². The smallest absolute Gasteiger partial charge is 0.267 e. The minimum Gasteiger partial charge on any atom is -0.371 e. The van der Waals surface area contributed by atoms with Crippen LogP contribution in [0.3, 0.4) is 0 Å². The predicted octanol–water partition coefficient (Wildman–Crippen LogP) is 2.25. The van der Waals surface area contributed by atoms with Crippen molar-refractivity contribution in [2.24, 2.45) is 0 Å². The quantitative estimate of drug-likeness (QED) is 0.725. The summed E-state index contributed by atoms with van der Waals surface area (Å²) in [5, 5.41) is 16.1. The minimum atomic E-state index is -0.384. The van der Waals surface area contributed by atoms with Crippen LogP contribution in [0.5, 0.6) is 0 Å². The zero-order chi connectivity index (χ0) is 18.6. The zero-order valence-electron chi connectivity index (χ0n) is 14.4. The Balaban J connectivity index is 1.46. The lowest BCUT2D eigenvalue weighted by Gasteiger charge is -2.07. The molecule has 8 nitrogen and oxygen atoms in total. The largest absolute Gasteiger partial charge is 0.371 e. The van der Waals surface area contributed by atoms with Crippen molar-refractivity contribution in [3.63, 3.8) is 0 Å². The summed E-state index contributed by atoms with van der Waals surface area (Å²) < 4.78 is 6.70. The number of nitrogens with one attached hydrogen (secondary N) is 1. The summed E-state index contributed by atoms with van der Waals surface area (Å²) in [4.78, 5) is 24.4. The number of carbonyl (C=O) groups is 1. The molecule has 1 atom stereocenters. The average molecular weight is 383 g/mol. The molecule has 1 amide bonds. The van der Waals surface area contributed by atoms with Gasteiger partial charge in [-0.15, -0.1) is 10.2 Å². The Kier molecular flexibility index (Phi) is 5.03. The molecule has 2 aromatic heterocycles. The van der Waals surface area contributed by atoms with Crippen molar-refractivity contribution < 1.29 is 9.53 Å². The Bertz CT molecular complexity index is 995. The van der Waals surface area contributed by atoms with Crippen molar-refractivity contribution in [1.82, 2.24) is 20.0 Å². The van der Waals surface area contributed by atoms with Gasteiger partial charge in [0.05, 0.1) is 5.69 Å². The van der Waals surface area contributed by atoms with Gasteiger partial charge in [0, 0.05) is 18.2 Å². The lowest BCUT2D eigenvalue weighted by atomic mass is 10.1. The first-order valence-electron chi connectivity index (χ1n) is 8.57. The molecule has 0 aliphatic carbocycles. The number of nitrogens with zero attached hydrogens (tertiary/aromatic N) is 4. The van der Waals surface area contributed by atoms with E-state index in [9.17, 15) is 9.59 Å². The molecule has 1 aromatic carbocycles. The average Bonchev–Trinajstić information content (AvgIpc) is 3.36. The fourth-order valence-corrected chi connectivity index (χ4v) is 3.65. The van der Waals surface area contributed by atoms with Gasteiger partial charge in [-0.1, -0.05) is 41.7 Å². The van der Waals surface area contributed by atoms with Gasteiger partial charge in [0.2, 0.25) is 11.0 Å². The lowest BCUT2D eigenvalue weighted by molar-refractivity contribution is -0.117. The number of ether oxygens (including phenoxy) is 1. The van der Waals surface area contributed by atoms with E-state index in [2.05, 4.69) is 20.6 Å². The maximum Gasteiger partial charge on any atom is 0.267 e. The molecule has 1 N–H and O–H groups in total. The van der Waals surface area contributed by atoms with Crippen LogP contribution < -0.4 is 10.9 Å². The number of anilines is 1. The molecule has 3 heterocycles. The number of rotatable bonds is 5. The van der Waals surface area contributed by atoms with Crippen molar-refractivity contribution in [1.29, 1.82) is 0 Å². The second-order valence-corrected chi connectivity index (χ2v) is 7.08. The summed E-state index contributed by atoms with van der Waals surface area (Å²) in [6, 6.07) is 12.5. The molecule has 138 valence electrons. The van der Waals surface area contributed by atoms with Gasteiger partial charge >= 0.3 is 0 Å². The van der Waals surface area contributed by atoms with Crippen LogP contribution in [-0.4, -0.2) is 32.5 Å². The van der Waals surface area contributed by atoms with E-state index < -0.39 is 0 Å². The highest BCUT2D eigenvalue weighted by Crippen LogP contribution is 2.31. The molecule has 27 heavy (non-hydrogen) atoms. The summed E-state index contributed by atoms with van der Waals surface area (Å²) in [6.07, 6.45) is 1.87. The molecule has 0 radical (unpaired) electrons. The summed E-state index contributed by atoms with van der Waals surface area (Å²) in [5.41, 5.74) is 1.15. The second kappa shape index (κ2) is 7.77. The van der Waals surface area contributed by atoms with E-state index in [1.54, 1.807) is 6.07 Å². The fourth-order valence-electron chi connectivity index (χ4n) is 2.81. The maximum absolute atomic E-state index is 12.3. The monoisotopic (exact) mass is 383 g/mol. The Morgan fingerprint density at radius 1 is 1.22 bits per heavy atom. The summed E-state index contributed by atoms with van der Waals surface area (Å²) in [5.74, 6) is -0.384. The number of carbonyl (C=O) groups excluding carboxylic acids is 1.